The van der Waals surface area contributed by atoms with Gasteiger partial charge in [0.25, 0.3) is 0 Å². The number of hydrogen-bond acceptors (Lipinski definition) is 0. The quantitative estimate of drug-likeness (QED) is 0.527. The van der Waals surface area contributed by atoms with Crippen molar-refractivity contribution in [3.8, 4) is 0 Å². The number of allylic oxidation sites excluding steroid dienone is 1. The molecular formula is C9H6Cl2F2. The van der Waals surface area contributed by atoms with Crippen LogP contribution in [-0.2, 0) is 0 Å². The van der Waals surface area contributed by atoms with Crippen molar-refractivity contribution in [1.29, 1.82) is 0 Å². The van der Waals surface area contributed by atoms with Gasteiger partial charge in [-0.3, -0.25) is 0 Å². The molecule has 0 aliphatic heterocycles. The summed E-state index contributed by atoms with van der Waals surface area (Å²) in [4.78, 5) is 0. The molecule has 0 heterocycles. The van der Waals surface area contributed by atoms with Crippen molar-refractivity contribution in [1.82, 2.24) is 0 Å². The lowest BCUT2D eigenvalue weighted by molar-refractivity contribution is 0.579. The van der Waals surface area contributed by atoms with Crippen molar-refractivity contribution in [3.05, 3.63) is 40.4 Å². The average molecular weight is 223 g/mol. The molecule has 0 fully saturated rings. The largest absolute Gasteiger partial charge is 0.206 e. The van der Waals surface area contributed by atoms with Crippen LogP contribution in [0.15, 0.2) is 18.2 Å². The Labute approximate surface area is 84.8 Å². The Kier molecular flexibility index (Phi) is 3.70. The molecule has 0 saturated carbocycles. The predicted octanol–water partition coefficient (Wildman–Crippen LogP) is 3.87. The molecule has 0 bridgehead atoms. The molecule has 0 aliphatic carbocycles. The molecule has 0 aliphatic rings. The summed E-state index contributed by atoms with van der Waals surface area (Å²) in [5.74, 6) is -1.21. The second kappa shape index (κ2) is 4.58. The minimum atomic E-state index is -0.761. The van der Waals surface area contributed by atoms with Crippen LogP contribution in [0.25, 0.3) is 6.08 Å². The molecule has 0 atom stereocenters. The molecule has 0 N–H and O–H groups in total. The van der Waals surface area contributed by atoms with Gasteiger partial charge >= 0.3 is 0 Å². The van der Waals surface area contributed by atoms with Crippen molar-refractivity contribution in [2.75, 3.05) is 5.88 Å². The standard InChI is InChI=1S/C9H6Cl2F2/c10-5-1-2-6-8(12)4-3-7(11)9(6)13/h1-4H,5H2. The maximum absolute atomic E-state index is 13.1. The predicted molar refractivity (Wildman–Crippen MR) is 51.1 cm³/mol. The Hall–Kier alpha value is -0.600. The second-order valence-corrected chi connectivity index (χ2v) is 3.03. The van der Waals surface area contributed by atoms with Crippen molar-refractivity contribution in [3.63, 3.8) is 0 Å². The molecule has 0 radical (unpaired) electrons. The lowest BCUT2D eigenvalue weighted by Crippen LogP contribution is -1.89. The fourth-order valence-corrected chi connectivity index (χ4v) is 1.11. The van der Waals surface area contributed by atoms with E-state index in [1.807, 2.05) is 0 Å². The Morgan fingerprint density at radius 2 is 2.00 bits per heavy atom. The van der Waals surface area contributed by atoms with Gasteiger partial charge in [-0.2, -0.15) is 0 Å². The maximum Gasteiger partial charge on any atom is 0.151 e. The topological polar surface area (TPSA) is 0 Å². The highest BCUT2D eigenvalue weighted by atomic mass is 35.5. The Morgan fingerprint density at radius 3 is 2.62 bits per heavy atom. The summed E-state index contributed by atoms with van der Waals surface area (Å²) >= 11 is 10.8. The monoisotopic (exact) mass is 222 g/mol. The van der Waals surface area contributed by atoms with Crippen LogP contribution in [0.3, 0.4) is 0 Å². The number of benzene rings is 1. The van der Waals surface area contributed by atoms with E-state index in [0.717, 1.165) is 6.07 Å². The van der Waals surface area contributed by atoms with Gasteiger partial charge in [-0.1, -0.05) is 23.8 Å². The number of hydrogen-bond donors (Lipinski definition) is 0. The van der Waals surface area contributed by atoms with E-state index < -0.39 is 11.6 Å². The van der Waals surface area contributed by atoms with Crippen LogP contribution in [0.1, 0.15) is 5.56 Å². The van der Waals surface area contributed by atoms with Crippen LogP contribution < -0.4 is 0 Å². The van der Waals surface area contributed by atoms with Crippen molar-refractivity contribution in [2.24, 2.45) is 0 Å². The van der Waals surface area contributed by atoms with E-state index in [2.05, 4.69) is 0 Å². The minimum Gasteiger partial charge on any atom is -0.206 e. The van der Waals surface area contributed by atoms with E-state index in [1.165, 1.54) is 18.2 Å². The normalized spacial score (nSPS) is 11.1. The van der Waals surface area contributed by atoms with E-state index in [1.54, 1.807) is 0 Å². The molecule has 0 amide bonds. The average Bonchev–Trinajstić information content (AvgIpc) is 2.12. The zero-order valence-corrected chi connectivity index (χ0v) is 8.04. The Morgan fingerprint density at radius 1 is 1.31 bits per heavy atom. The van der Waals surface area contributed by atoms with Gasteiger partial charge in [-0.15, -0.1) is 11.6 Å². The first-order valence-corrected chi connectivity index (χ1v) is 4.44. The fourth-order valence-electron chi connectivity index (χ4n) is 0.858. The van der Waals surface area contributed by atoms with Crippen molar-refractivity contribution in [2.45, 2.75) is 0 Å². The molecule has 0 unspecified atom stereocenters. The van der Waals surface area contributed by atoms with Gasteiger partial charge in [-0.05, 0) is 12.1 Å². The third-order valence-corrected chi connectivity index (χ3v) is 1.92. The molecule has 13 heavy (non-hydrogen) atoms. The van der Waals surface area contributed by atoms with Crippen LogP contribution in [0.5, 0.6) is 0 Å². The van der Waals surface area contributed by atoms with Gasteiger partial charge < -0.3 is 0 Å². The highest BCUT2D eigenvalue weighted by Gasteiger charge is 2.08. The first kappa shape index (κ1) is 10.5. The van der Waals surface area contributed by atoms with Crippen LogP contribution in [0.2, 0.25) is 5.02 Å². The van der Waals surface area contributed by atoms with Gasteiger partial charge in [0, 0.05) is 11.4 Å². The SMILES string of the molecule is Fc1ccc(Cl)c(F)c1C=CCCl. The van der Waals surface area contributed by atoms with E-state index in [0.29, 0.717) is 0 Å². The molecular weight excluding hydrogens is 217 g/mol. The van der Waals surface area contributed by atoms with E-state index >= 15 is 0 Å². The van der Waals surface area contributed by atoms with Crippen LogP contribution in [0, 0.1) is 11.6 Å². The first-order chi connectivity index (χ1) is 6.16. The third kappa shape index (κ3) is 2.42. The molecule has 0 aromatic heterocycles. The van der Waals surface area contributed by atoms with Crippen LogP contribution in [-0.4, -0.2) is 5.88 Å². The van der Waals surface area contributed by atoms with Gasteiger partial charge in [-0.25, -0.2) is 8.78 Å². The summed E-state index contributed by atoms with van der Waals surface area (Å²) in [6, 6.07) is 2.28. The van der Waals surface area contributed by atoms with Crippen molar-refractivity contribution >= 4 is 29.3 Å². The number of alkyl halides is 1. The third-order valence-electron chi connectivity index (χ3n) is 1.45. The molecule has 0 saturated heterocycles. The van der Waals surface area contributed by atoms with Crippen molar-refractivity contribution < 1.29 is 8.78 Å². The molecule has 0 nitrogen and oxygen atoms in total. The molecule has 4 heteroatoms. The molecule has 1 rings (SSSR count). The molecule has 1 aromatic carbocycles. The van der Waals surface area contributed by atoms with E-state index in [-0.39, 0.29) is 16.5 Å². The number of halogens is 4. The summed E-state index contributed by atoms with van der Waals surface area (Å²) in [5, 5.41) is -0.101. The smallest absolute Gasteiger partial charge is 0.151 e. The van der Waals surface area contributed by atoms with Gasteiger partial charge in [0.05, 0.1) is 5.02 Å². The lowest BCUT2D eigenvalue weighted by atomic mass is 10.2. The highest BCUT2D eigenvalue weighted by molar-refractivity contribution is 6.30. The van der Waals surface area contributed by atoms with Gasteiger partial charge in [0.2, 0.25) is 0 Å². The zero-order valence-electron chi connectivity index (χ0n) is 6.53. The summed E-state index contributed by atoms with van der Waals surface area (Å²) in [5.41, 5.74) is -0.159. The zero-order chi connectivity index (χ0) is 9.84. The summed E-state index contributed by atoms with van der Waals surface area (Å²) < 4.78 is 26.1. The Bertz CT molecular complexity index is 335. The van der Waals surface area contributed by atoms with Crippen LogP contribution >= 0.6 is 23.2 Å². The molecule has 0 spiro atoms. The summed E-state index contributed by atoms with van der Waals surface area (Å²) in [7, 11) is 0. The first-order valence-electron chi connectivity index (χ1n) is 3.53. The highest BCUT2D eigenvalue weighted by Crippen LogP contribution is 2.21. The van der Waals surface area contributed by atoms with Gasteiger partial charge in [0.15, 0.2) is 5.82 Å². The number of rotatable bonds is 2. The molecule has 1 aromatic rings. The van der Waals surface area contributed by atoms with E-state index in [9.17, 15) is 8.78 Å². The second-order valence-electron chi connectivity index (χ2n) is 2.31. The van der Waals surface area contributed by atoms with Gasteiger partial charge in [0.1, 0.15) is 5.82 Å². The lowest BCUT2D eigenvalue weighted by Gasteiger charge is -2.00. The summed E-state index contributed by atoms with van der Waals surface area (Å²) in [6.45, 7) is 0. The minimum absolute atomic E-state index is 0.101. The molecule has 70 valence electrons. The van der Waals surface area contributed by atoms with Crippen LogP contribution in [0.4, 0.5) is 8.78 Å². The Balaban J connectivity index is 3.17. The van der Waals surface area contributed by atoms with E-state index in [4.69, 9.17) is 23.2 Å². The maximum atomic E-state index is 13.1. The fraction of sp³-hybridized carbons (Fsp3) is 0.111. The summed E-state index contributed by atoms with van der Waals surface area (Å²) in [6.07, 6.45) is 2.71.